The highest BCUT2D eigenvalue weighted by Gasteiger charge is 2.31. The van der Waals surface area contributed by atoms with Crippen molar-refractivity contribution in [2.24, 2.45) is 4.99 Å². The van der Waals surface area contributed by atoms with Crippen LogP contribution >= 0.6 is 0 Å². The lowest BCUT2D eigenvalue weighted by atomic mass is 10.2. The van der Waals surface area contributed by atoms with Gasteiger partial charge < -0.3 is 9.64 Å². The lowest BCUT2D eigenvalue weighted by Crippen LogP contribution is -2.22. The van der Waals surface area contributed by atoms with Crippen molar-refractivity contribution in [2.45, 2.75) is 6.36 Å². The van der Waals surface area contributed by atoms with Crippen LogP contribution in [0.3, 0.4) is 0 Å². The molecule has 0 unspecified atom stereocenters. The van der Waals surface area contributed by atoms with Crippen molar-refractivity contribution in [1.82, 2.24) is 0 Å². The Labute approximate surface area is 119 Å². The number of benzene rings is 2. The maximum absolute atomic E-state index is 12.3. The zero-order valence-corrected chi connectivity index (χ0v) is 10.8. The lowest BCUT2D eigenvalue weighted by molar-refractivity contribution is -0.274. The number of anilines is 2. The van der Waals surface area contributed by atoms with Gasteiger partial charge in [0.2, 0.25) is 0 Å². The number of para-hydroxylation sites is 2. The highest BCUT2D eigenvalue weighted by atomic mass is 19.4. The van der Waals surface area contributed by atoms with Gasteiger partial charge >= 0.3 is 6.36 Å². The van der Waals surface area contributed by atoms with Crippen LogP contribution in [-0.2, 0) is 0 Å². The van der Waals surface area contributed by atoms with E-state index in [0.717, 1.165) is 11.4 Å². The summed E-state index contributed by atoms with van der Waals surface area (Å²) in [6.45, 7) is 0.493. The van der Waals surface area contributed by atoms with Gasteiger partial charge in [-0.3, -0.25) is 4.99 Å². The smallest absolute Gasteiger partial charge is 0.406 e. The average molecular weight is 292 g/mol. The molecule has 0 amide bonds. The van der Waals surface area contributed by atoms with E-state index in [2.05, 4.69) is 9.73 Å². The molecular formula is C15H11F3N2O. The summed E-state index contributed by atoms with van der Waals surface area (Å²) in [5.74, 6) is -0.236. The highest BCUT2D eigenvalue weighted by Crippen LogP contribution is 2.37. The first kappa shape index (κ1) is 13.5. The van der Waals surface area contributed by atoms with Crippen LogP contribution in [-0.4, -0.2) is 19.1 Å². The van der Waals surface area contributed by atoms with E-state index in [9.17, 15) is 13.2 Å². The summed E-state index contributed by atoms with van der Waals surface area (Å²) in [5.41, 5.74) is 2.26. The van der Waals surface area contributed by atoms with Gasteiger partial charge in [-0.1, -0.05) is 18.2 Å². The van der Waals surface area contributed by atoms with Crippen molar-refractivity contribution < 1.29 is 17.9 Å². The van der Waals surface area contributed by atoms with Gasteiger partial charge in [0.25, 0.3) is 0 Å². The van der Waals surface area contributed by atoms with Crippen LogP contribution in [0.25, 0.3) is 0 Å². The van der Waals surface area contributed by atoms with Gasteiger partial charge in [-0.2, -0.15) is 0 Å². The van der Waals surface area contributed by atoms with Gasteiger partial charge in [-0.05, 0) is 24.3 Å². The van der Waals surface area contributed by atoms with E-state index in [1.807, 2.05) is 29.2 Å². The summed E-state index contributed by atoms with van der Waals surface area (Å²) in [6.07, 6.45) is -2.97. The quantitative estimate of drug-likeness (QED) is 0.817. The molecular weight excluding hydrogens is 281 g/mol. The molecule has 2 aromatic rings. The minimum absolute atomic E-state index is 0.236. The number of fused-ring (bicyclic) bond motifs is 1. The third-order valence-corrected chi connectivity index (χ3v) is 3.03. The Bertz CT molecular complexity index is 683. The van der Waals surface area contributed by atoms with E-state index in [1.54, 1.807) is 12.3 Å². The molecule has 0 spiro atoms. The standard InChI is InChI=1S/C15H11F3N2O/c16-15(17,18)21-12-5-3-4-11(10-12)20-9-8-19-13-6-1-2-7-14(13)20/h1-8,10H,9H2. The average Bonchev–Trinajstić information content (AvgIpc) is 2.45. The number of hydrogen-bond donors (Lipinski definition) is 0. The number of alkyl halides is 3. The summed E-state index contributed by atoms with van der Waals surface area (Å²) in [6, 6.07) is 13.4. The first-order valence-electron chi connectivity index (χ1n) is 6.28. The molecule has 0 aliphatic carbocycles. The van der Waals surface area contributed by atoms with E-state index in [4.69, 9.17) is 0 Å². The Hall–Kier alpha value is -2.50. The second-order valence-corrected chi connectivity index (χ2v) is 4.46. The molecule has 0 fully saturated rings. The molecule has 1 aliphatic rings. The third kappa shape index (κ3) is 2.99. The second-order valence-electron chi connectivity index (χ2n) is 4.46. The van der Waals surface area contributed by atoms with Crippen LogP contribution in [0.2, 0.25) is 0 Å². The molecule has 1 aliphatic heterocycles. The van der Waals surface area contributed by atoms with Crippen molar-refractivity contribution in [1.29, 1.82) is 0 Å². The van der Waals surface area contributed by atoms with Crippen molar-refractivity contribution in [2.75, 3.05) is 11.4 Å². The predicted molar refractivity (Wildman–Crippen MR) is 74.7 cm³/mol. The van der Waals surface area contributed by atoms with Gasteiger partial charge in [0, 0.05) is 18.0 Å². The minimum Gasteiger partial charge on any atom is -0.406 e. The van der Waals surface area contributed by atoms with Crippen molar-refractivity contribution in [3.05, 3.63) is 48.5 Å². The number of nitrogens with zero attached hydrogens (tertiary/aromatic N) is 2. The lowest BCUT2D eigenvalue weighted by Gasteiger charge is -2.27. The van der Waals surface area contributed by atoms with E-state index in [-0.39, 0.29) is 5.75 Å². The van der Waals surface area contributed by atoms with Gasteiger partial charge in [-0.25, -0.2) is 0 Å². The Kier molecular flexibility index (Phi) is 3.29. The number of hydrogen-bond acceptors (Lipinski definition) is 3. The molecule has 0 saturated heterocycles. The first-order valence-corrected chi connectivity index (χ1v) is 6.28. The predicted octanol–water partition coefficient (Wildman–Crippen LogP) is 4.44. The maximum Gasteiger partial charge on any atom is 0.573 e. The second kappa shape index (κ2) is 5.12. The van der Waals surface area contributed by atoms with Gasteiger partial charge in [0.15, 0.2) is 0 Å². The van der Waals surface area contributed by atoms with Crippen molar-refractivity contribution in [3.8, 4) is 5.75 Å². The van der Waals surface area contributed by atoms with Crippen molar-refractivity contribution >= 4 is 23.3 Å². The number of ether oxygens (including phenoxy) is 1. The fourth-order valence-electron chi connectivity index (χ4n) is 2.21. The zero-order chi connectivity index (χ0) is 14.9. The van der Waals surface area contributed by atoms with Crippen molar-refractivity contribution in [3.63, 3.8) is 0 Å². The molecule has 3 nitrogen and oxygen atoms in total. The maximum atomic E-state index is 12.3. The summed E-state index contributed by atoms with van der Waals surface area (Å²) >= 11 is 0. The monoisotopic (exact) mass is 292 g/mol. The van der Waals surface area contributed by atoms with E-state index in [0.29, 0.717) is 12.2 Å². The fourth-order valence-corrected chi connectivity index (χ4v) is 2.21. The molecule has 21 heavy (non-hydrogen) atoms. The Morgan fingerprint density at radius 3 is 2.67 bits per heavy atom. The topological polar surface area (TPSA) is 24.8 Å². The van der Waals surface area contributed by atoms with Crippen LogP contribution < -0.4 is 9.64 Å². The number of aliphatic imine (C=N–C) groups is 1. The molecule has 2 aromatic carbocycles. The molecule has 1 heterocycles. The zero-order valence-electron chi connectivity index (χ0n) is 10.8. The SMILES string of the molecule is FC(F)(F)Oc1cccc(N2CC=Nc3ccccc32)c1. The first-order chi connectivity index (χ1) is 10.0. The Morgan fingerprint density at radius 1 is 1.05 bits per heavy atom. The summed E-state index contributed by atoms with van der Waals surface area (Å²) in [4.78, 5) is 6.15. The van der Waals surface area contributed by atoms with E-state index < -0.39 is 6.36 Å². The summed E-state index contributed by atoms with van der Waals surface area (Å²) < 4.78 is 40.9. The molecule has 3 rings (SSSR count). The molecule has 0 saturated carbocycles. The van der Waals surface area contributed by atoms with Gasteiger partial charge in [0.1, 0.15) is 5.75 Å². The van der Waals surface area contributed by atoms with Crippen LogP contribution in [0, 0.1) is 0 Å². The summed E-state index contributed by atoms with van der Waals surface area (Å²) in [5, 5.41) is 0. The fraction of sp³-hybridized carbons (Fsp3) is 0.133. The summed E-state index contributed by atoms with van der Waals surface area (Å²) in [7, 11) is 0. The molecule has 108 valence electrons. The van der Waals surface area contributed by atoms with Gasteiger partial charge in [0.05, 0.1) is 17.9 Å². The number of rotatable bonds is 2. The van der Waals surface area contributed by atoms with E-state index in [1.165, 1.54) is 18.2 Å². The molecule has 0 N–H and O–H groups in total. The molecule has 0 aromatic heterocycles. The molecule has 0 radical (unpaired) electrons. The van der Waals surface area contributed by atoms with Crippen LogP contribution in [0.1, 0.15) is 0 Å². The minimum atomic E-state index is -4.69. The Balaban J connectivity index is 1.95. The van der Waals surface area contributed by atoms with Crippen LogP contribution in [0.4, 0.5) is 30.2 Å². The van der Waals surface area contributed by atoms with E-state index >= 15 is 0 Å². The normalized spacial score (nSPS) is 14.0. The largest absolute Gasteiger partial charge is 0.573 e. The van der Waals surface area contributed by atoms with Gasteiger partial charge in [-0.15, -0.1) is 13.2 Å². The molecule has 0 atom stereocenters. The molecule has 0 bridgehead atoms. The molecule has 6 heteroatoms. The Morgan fingerprint density at radius 2 is 1.86 bits per heavy atom. The van der Waals surface area contributed by atoms with Crippen LogP contribution in [0.15, 0.2) is 53.5 Å². The van der Waals surface area contributed by atoms with Crippen LogP contribution in [0.5, 0.6) is 5.75 Å². The number of halogens is 3. The third-order valence-electron chi connectivity index (χ3n) is 3.03. The highest BCUT2D eigenvalue weighted by molar-refractivity contribution is 5.86.